The van der Waals surface area contributed by atoms with E-state index in [-0.39, 0.29) is 0 Å². The van der Waals surface area contributed by atoms with Gasteiger partial charge in [0.05, 0.1) is 0 Å². The molecule has 0 aliphatic rings. The van der Waals surface area contributed by atoms with Gasteiger partial charge < -0.3 is 4.98 Å². The van der Waals surface area contributed by atoms with Gasteiger partial charge in [0.25, 0.3) is 0 Å². The first kappa shape index (κ1) is 10.3. The molecule has 1 aromatic heterocycles. The smallest absolute Gasteiger partial charge is 0.0147 e. The van der Waals surface area contributed by atoms with Crippen molar-refractivity contribution in [3.63, 3.8) is 0 Å². The highest BCUT2D eigenvalue weighted by Gasteiger charge is 1.85. The second-order valence-electron chi connectivity index (χ2n) is 2.65. The SMILES string of the molecule is CCC.CCCc1ccc[nH]1. The molecule has 0 unspecified atom stereocenters. The van der Waals surface area contributed by atoms with Crippen molar-refractivity contribution in [2.45, 2.75) is 40.0 Å². The standard InChI is InChI=1S/C7H11N.C3H8/c1-2-4-7-5-3-6-8-7;1-3-2/h3,5-6,8H,2,4H2,1H3;3H2,1-2H3. The second-order valence-corrected chi connectivity index (χ2v) is 2.65. The highest BCUT2D eigenvalue weighted by atomic mass is 14.7. The van der Waals surface area contributed by atoms with Crippen LogP contribution in [0, 0.1) is 0 Å². The van der Waals surface area contributed by atoms with E-state index in [2.05, 4.69) is 31.8 Å². The van der Waals surface area contributed by atoms with Gasteiger partial charge in [0.2, 0.25) is 0 Å². The zero-order valence-electron chi connectivity index (χ0n) is 7.85. The topological polar surface area (TPSA) is 15.8 Å². The molecule has 11 heavy (non-hydrogen) atoms. The van der Waals surface area contributed by atoms with Crippen LogP contribution in [0.15, 0.2) is 18.3 Å². The maximum Gasteiger partial charge on any atom is 0.0147 e. The van der Waals surface area contributed by atoms with Crippen molar-refractivity contribution in [3.05, 3.63) is 24.0 Å². The Hall–Kier alpha value is -0.720. The predicted octanol–water partition coefficient (Wildman–Crippen LogP) is 3.38. The fourth-order valence-electron chi connectivity index (χ4n) is 0.792. The lowest BCUT2D eigenvalue weighted by atomic mass is 10.3. The van der Waals surface area contributed by atoms with E-state index in [1.165, 1.54) is 25.0 Å². The molecule has 0 amide bonds. The van der Waals surface area contributed by atoms with Crippen molar-refractivity contribution in [2.75, 3.05) is 0 Å². The third kappa shape index (κ3) is 5.71. The molecule has 0 aromatic carbocycles. The predicted molar refractivity (Wildman–Crippen MR) is 50.8 cm³/mol. The first-order chi connectivity index (χ1) is 5.35. The van der Waals surface area contributed by atoms with Crippen LogP contribution >= 0.6 is 0 Å². The normalized spacial score (nSPS) is 8.64. The monoisotopic (exact) mass is 153 g/mol. The largest absolute Gasteiger partial charge is 0.365 e. The minimum Gasteiger partial charge on any atom is -0.365 e. The Morgan fingerprint density at radius 1 is 1.27 bits per heavy atom. The molecule has 0 radical (unpaired) electrons. The Bertz CT molecular complexity index is 142. The summed E-state index contributed by atoms with van der Waals surface area (Å²) in [5.74, 6) is 0. The van der Waals surface area contributed by atoms with Gasteiger partial charge in [0.1, 0.15) is 0 Å². The summed E-state index contributed by atoms with van der Waals surface area (Å²) in [6.07, 6.45) is 5.61. The number of H-pyrrole nitrogens is 1. The van der Waals surface area contributed by atoms with E-state index in [0.717, 1.165) is 0 Å². The minimum absolute atomic E-state index is 1.17. The highest BCUT2D eigenvalue weighted by Crippen LogP contribution is 1.96. The van der Waals surface area contributed by atoms with Crippen LogP contribution in [0.3, 0.4) is 0 Å². The molecule has 0 fully saturated rings. The number of hydrogen-bond acceptors (Lipinski definition) is 0. The maximum atomic E-state index is 3.14. The Balaban J connectivity index is 0.000000292. The Morgan fingerprint density at radius 3 is 2.27 bits per heavy atom. The molecule has 0 aliphatic heterocycles. The summed E-state index contributed by atoms with van der Waals surface area (Å²) < 4.78 is 0. The van der Waals surface area contributed by atoms with Gasteiger partial charge in [-0.1, -0.05) is 33.6 Å². The summed E-state index contributed by atoms with van der Waals surface area (Å²) in [6, 6.07) is 4.15. The lowest BCUT2D eigenvalue weighted by Crippen LogP contribution is -1.78. The van der Waals surface area contributed by atoms with Gasteiger partial charge in [-0.25, -0.2) is 0 Å². The summed E-state index contributed by atoms with van der Waals surface area (Å²) >= 11 is 0. The molecule has 1 aromatic rings. The first-order valence-corrected chi connectivity index (χ1v) is 4.47. The van der Waals surface area contributed by atoms with Crippen LogP contribution in [-0.2, 0) is 6.42 Å². The molecule has 1 nitrogen and oxygen atoms in total. The van der Waals surface area contributed by atoms with Crippen molar-refractivity contribution in [3.8, 4) is 0 Å². The lowest BCUT2D eigenvalue weighted by molar-refractivity contribution is 0.892. The second kappa shape index (κ2) is 7.39. The third-order valence-electron chi connectivity index (χ3n) is 1.18. The summed E-state index contributed by atoms with van der Waals surface area (Å²) in [6.45, 7) is 6.43. The van der Waals surface area contributed by atoms with Gasteiger partial charge in [-0.2, -0.15) is 0 Å². The Kier molecular flexibility index (Phi) is 6.90. The van der Waals surface area contributed by atoms with Gasteiger partial charge in [-0.3, -0.25) is 0 Å². The minimum atomic E-state index is 1.17. The molecule has 0 saturated heterocycles. The number of nitrogens with one attached hydrogen (secondary N) is 1. The van der Waals surface area contributed by atoms with Crippen LogP contribution in [0.1, 0.15) is 39.3 Å². The van der Waals surface area contributed by atoms with Crippen molar-refractivity contribution >= 4 is 0 Å². The number of aromatic nitrogens is 1. The molecule has 1 rings (SSSR count). The van der Waals surface area contributed by atoms with E-state index in [1.807, 2.05) is 12.3 Å². The van der Waals surface area contributed by atoms with Crippen LogP contribution in [0.5, 0.6) is 0 Å². The number of aromatic amines is 1. The molecule has 1 heterocycles. The van der Waals surface area contributed by atoms with E-state index in [9.17, 15) is 0 Å². The van der Waals surface area contributed by atoms with E-state index >= 15 is 0 Å². The quantitative estimate of drug-likeness (QED) is 0.670. The Labute approximate surface area is 69.8 Å². The molecule has 1 N–H and O–H groups in total. The van der Waals surface area contributed by atoms with Crippen molar-refractivity contribution in [2.24, 2.45) is 0 Å². The van der Waals surface area contributed by atoms with Gasteiger partial charge in [-0.15, -0.1) is 0 Å². The average Bonchev–Trinajstić information content (AvgIpc) is 2.42. The summed E-state index contributed by atoms with van der Waals surface area (Å²) in [7, 11) is 0. The number of hydrogen-bond donors (Lipinski definition) is 1. The lowest BCUT2D eigenvalue weighted by Gasteiger charge is -1.87. The summed E-state index contributed by atoms with van der Waals surface area (Å²) in [4.78, 5) is 3.14. The molecule has 1 heteroatoms. The van der Waals surface area contributed by atoms with Crippen molar-refractivity contribution in [1.82, 2.24) is 4.98 Å². The van der Waals surface area contributed by atoms with Crippen LogP contribution in [-0.4, -0.2) is 4.98 Å². The summed E-state index contributed by atoms with van der Waals surface area (Å²) in [5, 5.41) is 0. The van der Waals surface area contributed by atoms with Gasteiger partial charge in [-0.05, 0) is 18.6 Å². The van der Waals surface area contributed by atoms with Crippen molar-refractivity contribution in [1.29, 1.82) is 0 Å². The van der Waals surface area contributed by atoms with Crippen molar-refractivity contribution < 1.29 is 0 Å². The van der Waals surface area contributed by atoms with Crippen LogP contribution in [0.2, 0.25) is 0 Å². The average molecular weight is 153 g/mol. The third-order valence-corrected chi connectivity index (χ3v) is 1.18. The van der Waals surface area contributed by atoms with E-state index < -0.39 is 0 Å². The fourth-order valence-corrected chi connectivity index (χ4v) is 0.792. The maximum absolute atomic E-state index is 3.14. The van der Waals surface area contributed by atoms with Gasteiger partial charge in [0.15, 0.2) is 0 Å². The molecule has 64 valence electrons. The number of aryl methyl sites for hydroxylation is 1. The molecular weight excluding hydrogens is 134 g/mol. The van der Waals surface area contributed by atoms with E-state index in [4.69, 9.17) is 0 Å². The van der Waals surface area contributed by atoms with E-state index in [1.54, 1.807) is 0 Å². The molecular formula is C10H19N. The first-order valence-electron chi connectivity index (χ1n) is 4.47. The van der Waals surface area contributed by atoms with Crippen LogP contribution in [0.25, 0.3) is 0 Å². The van der Waals surface area contributed by atoms with E-state index in [0.29, 0.717) is 0 Å². The van der Waals surface area contributed by atoms with Crippen LogP contribution < -0.4 is 0 Å². The van der Waals surface area contributed by atoms with Crippen LogP contribution in [0.4, 0.5) is 0 Å². The summed E-state index contributed by atoms with van der Waals surface area (Å²) in [5.41, 5.74) is 1.34. The molecule has 0 spiro atoms. The van der Waals surface area contributed by atoms with Gasteiger partial charge >= 0.3 is 0 Å². The fraction of sp³-hybridized carbons (Fsp3) is 0.600. The molecule has 0 bridgehead atoms. The molecule has 0 atom stereocenters. The molecule has 0 aliphatic carbocycles. The van der Waals surface area contributed by atoms with Gasteiger partial charge in [0, 0.05) is 11.9 Å². The molecule has 0 saturated carbocycles. The highest BCUT2D eigenvalue weighted by molar-refractivity contribution is 5.02. The number of rotatable bonds is 2. The zero-order chi connectivity index (χ0) is 8.53. The Morgan fingerprint density at radius 2 is 1.91 bits per heavy atom. The zero-order valence-corrected chi connectivity index (χ0v) is 7.85.